The molecule has 0 unspecified atom stereocenters. The van der Waals surface area contributed by atoms with Crippen LogP contribution in [-0.4, -0.2) is 16.0 Å². The van der Waals surface area contributed by atoms with E-state index in [2.05, 4.69) is 16.4 Å². The molecule has 1 aromatic heterocycles. The number of amides is 1. The van der Waals surface area contributed by atoms with Crippen LogP contribution < -0.4 is 5.32 Å². The van der Waals surface area contributed by atoms with Gasteiger partial charge in [0.15, 0.2) is 5.17 Å². The van der Waals surface area contributed by atoms with E-state index in [1.165, 1.54) is 23.9 Å². The number of nitro groups is 1. The quantitative estimate of drug-likeness (QED) is 0.296. The lowest BCUT2D eigenvalue weighted by molar-refractivity contribution is -0.384. The van der Waals surface area contributed by atoms with E-state index < -0.39 is 4.92 Å². The first kappa shape index (κ1) is 20.9. The molecule has 2 aromatic carbocycles. The molecule has 1 fully saturated rings. The third-order valence-corrected chi connectivity index (χ3v) is 5.64. The first-order valence-corrected chi connectivity index (χ1v) is 10.4. The summed E-state index contributed by atoms with van der Waals surface area (Å²) < 4.78 is 5.76. The summed E-state index contributed by atoms with van der Waals surface area (Å²) in [5.41, 5.74) is 3.27. The number of nitro benzene ring substituents is 1. The van der Waals surface area contributed by atoms with Crippen molar-refractivity contribution >= 4 is 51.9 Å². The fraction of sp³-hybridized carbons (Fsp3) is 0.0909. The number of hydrogen-bond donors (Lipinski definition) is 1. The minimum atomic E-state index is -0.548. The van der Waals surface area contributed by atoms with Gasteiger partial charge < -0.3 is 9.73 Å². The smallest absolute Gasteiger partial charge is 0.288 e. The number of thioether (sulfide) groups is 1. The molecule has 0 aliphatic carbocycles. The molecule has 1 aliphatic heterocycles. The predicted molar refractivity (Wildman–Crippen MR) is 123 cm³/mol. The zero-order valence-electron chi connectivity index (χ0n) is 16.5. The summed E-state index contributed by atoms with van der Waals surface area (Å²) in [6.07, 6.45) is 1.61. The second kappa shape index (κ2) is 8.41. The summed E-state index contributed by atoms with van der Waals surface area (Å²) in [6, 6.07) is 13.7. The molecule has 0 radical (unpaired) electrons. The molecule has 1 saturated heterocycles. The van der Waals surface area contributed by atoms with Gasteiger partial charge in [-0.1, -0.05) is 17.7 Å². The summed E-state index contributed by atoms with van der Waals surface area (Å²) in [4.78, 5) is 27.8. The van der Waals surface area contributed by atoms with Gasteiger partial charge in [0.05, 0.1) is 15.5 Å². The number of carbonyl (C=O) groups is 1. The monoisotopic (exact) mass is 453 g/mol. The summed E-state index contributed by atoms with van der Waals surface area (Å²) >= 11 is 7.08. The molecular formula is C22H16ClN3O4S. The summed E-state index contributed by atoms with van der Waals surface area (Å²) in [5, 5.41) is 14.4. The molecule has 9 heteroatoms. The van der Waals surface area contributed by atoms with Gasteiger partial charge in [-0.25, -0.2) is 4.99 Å². The molecule has 0 bridgehead atoms. The van der Waals surface area contributed by atoms with Gasteiger partial charge in [-0.2, -0.15) is 0 Å². The Labute approximate surface area is 187 Å². The Kier molecular flexibility index (Phi) is 5.67. The SMILES string of the molecule is Cc1cc(C)cc(N=C2NC(=O)/C(=C\c3ccc(-c4ccc(Cl)c([N+](=O)[O-])c4)o3)S2)c1. The Hall–Kier alpha value is -3.36. The van der Waals surface area contributed by atoms with E-state index in [1.54, 1.807) is 24.3 Å². The zero-order valence-corrected chi connectivity index (χ0v) is 18.1. The highest BCUT2D eigenvalue weighted by Gasteiger charge is 2.24. The van der Waals surface area contributed by atoms with Gasteiger partial charge in [0.25, 0.3) is 11.6 Å². The molecule has 0 atom stereocenters. The van der Waals surface area contributed by atoms with Gasteiger partial charge in [0.1, 0.15) is 16.5 Å². The second-order valence-electron chi connectivity index (χ2n) is 6.95. The minimum Gasteiger partial charge on any atom is -0.457 e. The van der Waals surface area contributed by atoms with Crippen molar-refractivity contribution < 1.29 is 14.1 Å². The van der Waals surface area contributed by atoms with Gasteiger partial charge in [-0.3, -0.25) is 14.9 Å². The minimum absolute atomic E-state index is 0.0531. The summed E-state index contributed by atoms with van der Waals surface area (Å²) in [7, 11) is 0. The number of rotatable bonds is 4. The fourth-order valence-electron chi connectivity index (χ4n) is 3.13. The molecule has 2 heterocycles. The number of hydrogen-bond acceptors (Lipinski definition) is 6. The number of aryl methyl sites for hydroxylation is 2. The van der Waals surface area contributed by atoms with Crippen LogP contribution in [0.3, 0.4) is 0 Å². The van der Waals surface area contributed by atoms with Gasteiger partial charge in [-0.15, -0.1) is 0 Å². The Balaban J connectivity index is 1.57. The molecule has 31 heavy (non-hydrogen) atoms. The number of aliphatic imine (C=N–C) groups is 1. The van der Waals surface area contributed by atoms with Crippen molar-refractivity contribution in [2.75, 3.05) is 0 Å². The first-order valence-electron chi connectivity index (χ1n) is 9.20. The largest absolute Gasteiger partial charge is 0.457 e. The molecular weight excluding hydrogens is 438 g/mol. The van der Waals surface area contributed by atoms with Crippen molar-refractivity contribution in [2.24, 2.45) is 4.99 Å². The number of benzene rings is 2. The normalized spacial score (nSPS) is 16.2. The van der Waals surface area contributed by atoms with Crippen LogP contribution in [-0.2, 0) is 4.79 Å². The van der Waals surface area contributed by atoms with E-state index in [9.17, 15) is 14.9 Å². The third kappa shape index (κ3) is 4.70. The maximum absolute atomic E-state index is 12.3. The molecule has 1 aliphatic rings. The Morgan fingerprint density at radius 3 is 2.58 bits per heavy atom. The van der Waals surface area contributed by atoms with Crippen LogP contribution in [0.2, 0.25) is 5.02 Å². The number of nitrogens with zero attached hydrogens (tertiary/aromatic N) is 2. The van der Waals surface area contributed by atoms with E-state index in [0.29, 0.717) is 27.2 Å². The molecule has 1 N–H and O–H groups in total. The maximum atomic E-state index is 12.3. The standard InChI is InChI=1S/C22H16ClN3O4S/c1-12-7-13(2)9-15(8-12)24-22-25-21(27)20(31-22)11-16-4-6-19(30-16)14-3-5-17(23)18(10-14)26(28)29/h3-11H,1-2H3,(H,24,25,27)/b20-11+. The highest BCUT2D eigenvalue weighted by molar-refractivity contribution is 8.18. The summed E-state index contributed by atoms with van der Waals surface area (Å²) in [5.74, 6) is 0.602. The zero-order chi connectivity index (χ0) is 22.1. The van der Waals surface area contributed by atoms with Crippen molar-refractivity contribution in [3.63, 3.8) is 0 Å². The molecule has 1 amide bonds. The molecule has 156 valence electrons. The second-order valence-corrected chi connectivity index (χ2v) is 8.39. The lowest BCUT2D eigenvalue weighted by Crippen LogP contribution is -2.19. The number of carbonyl (C=O) groups excluding carboxylic acids is 1. The summed E-state index contributed by atoms with van der Waals surface area (Å²) in [6.45, 7) is 3.98. The van der Waals surface area contributed by atoms with Gasteiger partial charge in [0.2, 0.25) is 0 Å². The predicted octanol–water partition coefficient (Wildman–Crippen LogP) is 6.02. The average molecular weight is 454 g/mol. The highest BCUT2D eigenvalue weighted by Crippen LogP contribution is 2.33. The number of halogens is 1. The number of furan rings is 1. The van der Waals surface area contributed by atoms with Crippen molar-refractivity contribution in [2.45, 2.75) is 13.8 Å². The topological polar surface area (TPSA) is 97.7 Å². The molecule has 0 spiro atoms. The lowest BCUT2D eigenvalue weighted by atomic mass is 10.1. The fourth-order valence-corrected chi connectivity index (χ4v) is 4.14. The van der Waals surface area contributed by atoms with Gasteiger partial charge in [0, 0.05) is 17.7 Å². The number of amidine groups is 1. The van der Waals surface area contributed by atoms with Crippen LogP contribution in [0.25, 0.3) is 17.4 Å². The average Bonchev–Trinajstić information content (AvgIpc) is 3.28. The Morgan fingerprint density at radius 2 is 1.87 bits per heavy atom. The van der Waals surface area contributed by atoms with Crippen LogP contribution in [0.4, 0.5) is 11.4 Å². The van der Waals surface area contributed by atoms with Crippen LogP contribution in [0, 0.1) is 24.0 Å². The number of nitrogens with one attached hydrogen (secondary N) is 1. The molecule has 4 rings (SSSR count). The van der Waals surface area contributed by atoms with E-state index >= 15 is 0 Å². The third-order valence-electron chi connectivity index (χ3n) is 4.42. The van der Waals surface area contributed by atoms with Crippen molar-refractivity contribution in [3.8, 4) is 11.3 Å². The Bertz CT molecular complexity index is 1260. The van der Waals surface area contributed by atoms with E-state index in [4.69, 9.17) is 16.0 Å². The molecule has 0 saturated carbocycles. The van der Waals surface area contributed by atoms with Crippen molar-refractivity contribution in [1.29, 1.82) is 0 Å². The molecule has 7 nitrogen and oxygen atoms in total. The van der Waals surface area contributed by atoms with E-state index in [1.807, 2.05) is 26.0 Å². The lowest BCUT2D eigenvalue weighted by Gasteiger charge is -2.00. The van der Waals surface area contributed by atoms with Crippen molar-refractivity contribution in [3.05, 3.63) is 85.5 Å². The van der Waals surface area contributed by atoms with E-state index in [-0.39, 0.29) is 16.6 Å². The first-order chi connectivity index (χ1) is 14.8. The van der Waals surface area contributed by atoms with Crippen molar-refractivity contribution in [1.82, 2.24) is 5.32 Å². The molecule has 3 aromatic rings. The van der Waals surface area contributed by atoms with Crippen LogP contribution in [0.1, 0.15) is 16.9 Å². The van der Waals surface area contributed by atoms with Gasteiger partial charge >= 0.3 is 0 Å². The van der Waals surface area contributed by atoms with E-state index in [0.717, 1.165) is 16.8 Å². The van der Waals surface area contributed by atoms with Crippen LogP contribution in [0.15, 0.2) is 62.8 Å². The maximum Gasteiger partial charge on any atom is 0.288 e. The Morgan fingerprint density at radius 1 is 1.13 bits per heavy atom. The van der Waals surface area contributed by atoms with Crippen LogP contribution in [0.5, 0.6) is 0 Å². The van der Waals surface area contributed by atoms with Gasteiger partial charge in [-0.05, 0) is 73.1 Å². The van der Waals surface area contributed by atoms with Crippen LogP contribution >= 0.6 is 23.4 Å². The highest BCUT2D eigenvalue weighted by atomic mass is 35.5.